The Balaban J connectivity index is 2.25. The zero-order valence-corrected chi connectivity index (χ0v) is 17.6. The lowest BCUT2D eigenvalue weighted by molar-refractivity contribution is 0.510. The quantitative estimate of drug-likeness (QED) is 0.447. The second-order valence-electron chi connectivity index (χ2n) is 8.27. The van der Waals surface area contributed by atoms with Gasteiger partial charge in [-0.15, -0.1) is 0 Å². The van der Waals surface area contributed by atoms with E-state index in [-0.39, 0.29) is 16.4 Å². The molecule has 2 aromatic rings. The first-order chi connectivity index (χ1) is 11.9. The molecule has 1 aliphatic rings. The number of benzene rings is 1. The van der Waals surface area contributed by atoms with E-state index in [4.69, 9.17) is 11.6 Å². The number of fused-ring (bicyclic) bond motifs is 1. The molecule has 7 heteroatoms. The van der Waals surface area contributed by atoms with Gasteiger partial charge in [-0.25, -0.2) is 4.98 Å². The second-order valence-corrected chi connectivity index (χ2v) is 10.5. The van der Waals surface area contributed by atoms with Crippen molar-refractivity contribution < 1.29 is 4.55 Å². The molecule has 1 aromatic heterocycles. The summed E-state index contributed by atoms with van der Waals surface area (Å²) in [7, 11) is 0. The topological polar surface area (TPSA) is 70.3 Å². The normalized spacial score (nSPS) is 18.2. The van der Waals surface area contributed by atoms with Crippen molar-refractivity contribution >= 4 is 39.6 Å². The third kappa shape index (κ3) is 3.42. The van der Waals surface area contributed by atoms with Crippen LogP contribution in [0.2, 0.25) is 5.28 Å². The minimum absolute atomic E-state index is 0.130. The van der Waals surface area contributed by atoms with Crippen LogP contribution in [-0.4, -0.2) is 24.6 Å². The van der Waals surface area contributed by atoms with Gasteiger partial charge in [0.1, 0.15) is 16.1 Å². The highest BCUT2D eigenvalue weighted by Gasteiger charge is 2.42. The Hall–Kier alpha value is -1.37. The van der Waals surface area contributed by atoms with E-state index in [1.165, 1.54) is 0 Å². The third-order valence-electron chi connectivity index (χ3n) is 4.72. The van der Waals surface area contributed by atoms with Gasteiger partial charge in [-0.1, -0.05) is 4.40 Å². The van der Waals surface area contributed by atoms with Crippen molar-refractivity contribution in [3.05, 3.63) is 38.9 Å². The molecule has 0 bridgehead atoms. The van der Waals surface area contributed by atoms with Crippen molar-refractivity contribution in [3.8, 4) is 0 Å². The predicted molar refractivity (Wildman–Crippen MR) is 109 cm³/mol. The first-order valence-corrected chi connectivity index (χ1v) is 10.1. The second kappa shape index (κ2) is 6.36. The minimum atomic E-state index is -1.39. The Morgan fingerprint density at radius 1 is 1.38 bits per heavy atom. The lowest BCUT2D eigenvalue weighted by Gasteiger charge is -2.19. The molecule has 0 aliphatic heterocycles. The summed E-state index contributed by atoms with van der Waals surface area (Å²) in [4.78, 5) is 17.6. The molecule has 1 atom stereocenters. The molecule has 5 nitrogen and oxygen atoms in total. The fourth-order valence-electron chi connectivity index (χ4n) is 2.87. The molecule has 0 amide bonds. The molecule has 0 spiro atoms. The molecule has 1 heterocycles. The van der Waals surface area contributed by atoms with Gasteiger partial charge in [0.25, 0.3) is 5.56 Å². The van der Waals surface area contributed by atoms with Crippen molar-refractivity contribution in [3.63, 3.8) is 0 Å². The average Bonchev–Trinajstić information content (AvgIpc) is 3.24. The minimum Gasteiger partial charge on any atom is -0.591 e. The predicted octanol–water partition coefficient (Wildman–Crippen LogP) is 4.14. The maximum atomic E-state index is 13.1. The summed E-state index contributed by atoms with van der Waals surface area (Å²) in [5, 5.41) is 0.714. The van der Waals surface area contributed by atoms with Crippen LogP contribution in [0.15, 0.2) is 21.3 Å². The number of halogens is 1. The van der Waals surface area contributed by atoms with Gasteiger partial charge in [0.05, 0.1) is 16.6 Å². The van der Waals surface area contributed by atoms with E-state index < -0.39 is 16.1 Å². The van der Waals surface area contributed by atoms with Crippen LogP contribution in [0.1, 0.15) is 58.6 Å². The van der Waals surface area contributed by atoms with Gasteiger partial charge in [0.2, 0.25) is 5.28 Å². The molecule has 1 saturated carbocycles. The number of aromatic nitrogens is 2. The molecular weight excluding hydrogens is 370 g/mol. The van der Waals surface area contributed by atoms with Gasteiger partial charge < -0.3 is 4.55 Å². The number of aryl methyl sites for hydroxylation is 1. The van der Waals surface area contributed by atoms with Crippen molar-refractivity contribution in [2.24, 2.45) is 4.40 Å². The monoisotopic (exact) mass is 393 g/mol. The van der Waals surface area contributed by atoms with Crippen LogP contribution in [0, 0.1) is 6.92 Å². The molecule has 26 heavy (non-hydrogen) atoms. The van der Waals surface area contributed by atoms with Crippen LogP contribution in [-0.2, 0) is 16.9 Å². The number of hydrogen-bond donors (Lipinski definition) is 0. The van der Waals surface area contributed by atoms with Crippen LogP contribution in [0.5, 0.6) is 0 Å². The van der Waals surface area contributed by atoms with Crippen molar-refractivity contribution in [2.45, 2.75) is 64.7 Å². The molecule has 0 N–H and O–H groups in total. The maximum Gasteiger partial charge on any atom is 0.262 e. The molecule has 1 aliphatic carbocycles. The molecule has 1 aromatic carbocycles. The van der Waals surface area contributed by atoms with E-state index in [2.05, 4.69) is 9.38 Å². The summed E-state index contributed by atoms with van der Waals surface area (Å²) in [6, 6.07) is 3.74. The van der Waals surface area contributed by atoms with Gasteiger partial charge in [0.15, 0.2) is 0 Å². The van der Waals surface area contributed by atoms with Gasteiger partial charge >= 0.3 is 0 Å². The van der Waals surface area contributed by atoms with Crippen LogP contribution in [0.25, 0.3) is 10.9 Å². The maximum absolute atomic E-state index is 13.1. The Morgan fingerprint density at radius 3 is 2.54 bits per heavy atom. The molecule has 1 unspecified atom stereocenters. The Kier molecular flexibility index (Phi) is 4.74. The molecule has 0 saturated heterocycles. The number of nitrogens with zero attached hydrogens (tertiary/aromatic N) is 3. The molecule has 3 rings (SSSR count). The largest absolute Gasteiger partial charge is 0.591 e. The lowest BCUT2D eigenvalue weighted by Crippen LogP contribution is -2.30. The fraction of sp³-hybridized carbons (Fsp3) is 0.526. The van der Waals surface area contributed by atoms with Crippen LogP contribution in [0.4, 0.5) is 0 Å². The number of hydrogen-bond acceptors (Lipinski definition) is 4. The van der Waals surface area contributed by atoms with Crippen molar-refractivity contribution in [1.29, 1.82) is 0 Å². The zero-order chi connectivity index (χ0) is 19.4. The van der Waals surface area contributed by atoms with E-state index in [0.29, 0.717) is 22.2 Å². The van der Waals surface area contributed by atoms with Gasteiger partial charge in [-0.2, -0.15) is 0 Å². The van der Waals surface area contributed by atoms with Gasteiger partial charge in [0, 0.05) is 11.1 Å². The van der Waals surface area contributed by atoms with Crippen molar-refractivity contribution in [2.75, 3.05) is 0 Å². The SMILES string of the molecule is CC(=N[S+]([O-])C(C)(C)C)c1cc(C)cc2c(=O)n(C3(C)CC3)c(Cl)nc12. The summed E-state index contributed by atoms with van der Waals surface area (Å²) in [6.45, 7) is 11.4. The third-order valence-corrected chi connectivity index (χ3v) is 6.46. The van der Waals surface area contributed by atoms with Gasteiger partial charge in [-0.05, 0) is 83.7 Å². The Labute approximate surface area is 161 Å². The van der Waals surface area contributed by atoms with Crippen LogP contribution >= 0.6 is 11.6 Å². The van der Waals surface area contributed by atoms with E-state index in [0.717, 1.165) is 18.4 Å². The highest BCUT2D eigenvalue weighted by atomic mass is 35.5. The highest BCUT2D eigenvalue weighted by molar-refractivity contribution is 7.91. The highest BCUT2D eigenvalue weighted by Crippen LogP contribution is 2.43. The molecular formula is C19H24ClN3O2S. The first kappa shape index (κ1) is 19.4. The fourth-order valence-corrected chi connectivity index (χ4v) is 3.85. The summed E-state index contributed by atoms with van der Waals surface area (Å²) in [5.74, 6) is 0. The molecule has 0 radical (unpaired) electrons. The van der Waals surface area contributed by atoms with Crippen LogP contribution < -0.4 is 5.56 Å². The van der Waals surface area contributed by atoms with E-state index in [9.17, 15) is 9.35 Å². The zero-order valence-electron chi connectivity index (χ0n) is 16.0. The van der Waals surface area contributed by atoms with Crippen LogP contribution in [0.3, 0.4) is 0 Å². The summed E-state index contributed by atoms with van der Waals surface area (Å²) in [6.07, 6.45) is 1.84. The standard InChI is InChI=1S/C19H24ClN3O2S/c1-11-9-13(12(2)22-26(25)18(3,4)5)15-14(10-11)16(24)23(17(20)21-15)19(6)7-8-19/h9-10H,7-8H2,1-6H3. The summed E-state index contributed by atoms with van der Waals surface area (Å²) in [5.41, 5.74) is 2.36. The first-order valence-electron chi connectivity index (χ1n) is 8.65. The Morgan fingerprint density at radius 2 is 2.00 bits per heavy atom. The molecule has 140 valence electrons. The van der Waals surface area contributed by atoms with E-state index in [1.807, 2.05) is 46.8 Å². The van der Waals surface area contributed by atoms with Crippen molar-refractivity contribution in [1.82, 2.24) is 9.55 Å². The van der Waals surface area contributed by atoms with E-state index >= 15 is 0 Å². The molecule has 1 fully saturated rings. The average molecular weight is 394 g/mol. The van der Waals surface area contributed by atoms with E-state index in [1.54, 1.807) is 11.5 Å². The smallest absolute Gasteiger partial charge is 0.262 e. The summed E-state index contributed by atoms with van der Waals surface area (Å²) < 4.78 is 17.9. The number of rotatable bonds is 3. The lowest BCUT2D eigenvalue weighted by atomic mass is 10.0. The summed E-state index contributed by atoms with van der Waals surface area (Å²) >= 11 is 4.99. The van der Waals surface area contributed by atoms with Gasteiger partial charge in [-0.3, -0.25) is 9.36 Å². The Bertz CT molecular complexity index is 971.